The van der Waals surface area contributed by atoms with E-state index in [2.05, 4.69) is 4.74 Å². The van der Waals surface area contributed by atoms with Crippen LogP contribution in [0.2, 0.25) is 0 Å². The van der Waals surface area contributed by atoms with E-state index in [4.69, 9.17) is 19.7 Å². The standard InChI is InChI=1S/C12H18O9/c1-2-8(16)19-5-7(15)10-11(9(17)12(18)21-10)20-4-6(14)3-13/h6-7,10-11,13-15H,2-5H2,1H3. The Morgan fingerprint density at radius 2 is 2.00 bits per heavy atom. The van der Waals surface area contributed by atoms with Gasteiger partial charge in [0.25, 0.3) is 5.78 Å². The molecule has 1 rings (SSSR count). The van der Waals surface area contributed by atoms with Crippen LogP contribution in [0.25, 0.3) is 0 Å². The predicted octanol–water partition coefficient (Wildman–Crippen LogP) is -2.47. The van der Waals surface area contributed by atoms with Crippen molar-refractivity contribution in [3.05, 3.63) is 0 Å². The summed E-state index contributed by atoms with van der Waals surface area (Å²) in [6, 6.07) is 0. The highest BCUT2D eigenvalue weighted by atomic mass is 16.6. The summed E-state index contributed by atoms with van der Waals surface area (Å²) in [5.74, 6) is -2.74. The van der Waals surface area contributed by atoms with E-state index in [1.807, 2.05) is 0 Å². The van der Waals surface area contributed by atoms with Crippen LogP contribution in [0.5, 0.6) is 0 Å². The zero-order chi connectivity index (χ0) is 16.0. The molecule has 4 atom stereocenters. The van der Waals surface area contributed by atoms with E-state index in [0.29, 0.717) is 0 Å². The highest BCUT2D eigenvalue weighted by molar-refractivity contribution is 6.37. The number of hydrogen-bond donors (Lipinski definition) is 3. The molecular weight excluding hydrogens is 288 g/mol. The maximum absolute atomic E-state index is 11.6. The summed E-state index contributed by atoms with van der Waals surface area (Å²) in [5.41, 5.74) is 0. The average Bonchev–Trinajstić information content (AvgIpc) is 2.77. The van der Waals surface area contributed by atoms with Crippen molar-refractivity contribution in [3.8, 4) is 0 Å². The zero-order valence-electron chi connectivity index (χ0n) is 11.4. The van der Waals surface area contributed by atoms with E-state index < -0.39 is 62.0 Å². The number of ketones is 1. The summed E-state index contributed by atoms with van der Waals surface area (Å²) in [7, 11) is 0. The molecule has 1 fully saturated rings. The first-order chi connectivity index (χ1) is 9.90. The quantitative estimate of drug-likeness (QED) is 0.329. The van der Waals surface area contributed by atoms with E-state index in [1.165, 1.54) is 0 Å². The largest absolute Gasteiger partial charge is 0.463 e. The Bertz CT molecular complexity index is 394. The molecule has 1 aliphatic rings. The van der Waals surface area contributed by atoms with E-state index >= 15 is 0 Å². The maximum atomic E-state index is 11.6. The monoisotopic (exact) mass is 306 g/mol. The van der Waals surface area contributed by atoms with Crippen LogP contribution < -0.4 is 0 Å². The molecule has 1 heterocycles. The van der Waals surface area contributed by atoms with Crippen LogP contribution in [0, 0.1) is 0 Å². The molecule has 1 aliphatic heterocycles. The van der Waals surface area contributed by atoms with Crippen molar-refractivity contribution in [2.24, 2.45) is 0 Å². The lowest BCUT2D eigenvalue weighted by atomic mass is 10.1. The lowest BCUT2D eigenvalue weighted by Crippen LogP contribution is -2.43. The molecule has 0 aromatic carbocycles. The van der Waals surface area contributed by atoms with Crippen LogP contribution in [-0.2, 0) is 28.6 Å². The van der Waals surface area contributed by atoms with Gasteiger partial charge in [-0.3, -0.25) is 9.59 Å². The molecule has 0 bridgehead atoms. The highest BCUT2D eigenvalue weighted by Gasteiger charge is 2.48. The SMILES string of the molecule is CCC(=O)OCC(O)C1OC(=O)C(=O)C1OCC(O)CO. The fourth-order valence-corrected chi connectivity index (χ4v) is 1.60. The minimum Gasteiger partial charge on any atom is -0.463 e. The van der Waals surface area contributed by atoms with Crippen molar-refractivity contribution in [1.29, 1.82) is 0 Å². The van der Waals surface area contributed by atoms with Gasteiger partial charge in [-0.2, -0.15) is 0 Å². The minimum absolute atomic E-state index is 0.110. The molecule has 21 heavy (non-hydrogen) atoms. The third kappa shape index (κ3) is 4.74. The summed E-state index contributed by atoms with van der Waals surface area (Å²) in [6.45, 7) is 0.106. The molecule has 0 spiro atoms. The summed E-state index contributed by atoms with van der Waals surface area (Å²) in [6.07, 6.45) is -5.32. The first-order valence-corrected chi connectivity index (χ1v) is 6.39. The van der Waals surface area contributed by atoms with Crippen molar-refractivity contribution in [2.75, 3.05) is 19.8 Å². The summed E-state index contributed by atoms with van der Waals surface area (Å²) in [5, 5.41) is 27.6. The number of hydrogen-bond acceptors (Lipinski definition) is 9. The van der Waals surface area contributed by atoms with Crippen LogP contribution in [0.3, 0.4) is 0 Å². The molecule has 0 amide bonds. The Hall–Kier alpha value is -1.55. The van der Waals surface area contributed by atoms with Crippen molar-refractivity contribution in [3.63, 3.8) is 0 Å². The lowest BCUT2D eigenvalue weighted by molar-refractivity contribution is -0.157. The number of rotatable bonds is 8. The summed E-state index contributed by atoms with van der Waals surface area (Å²) in [4.78, 5) is 33.8. The third-order valence-corrected chi connectivity index (χ3v) is 2.76. The summed E-state index contributed by atoms with van der Waals surface area (Å²) >= 11 is 0. The molecule has 9 heteroatoms. The van der Waals surface area contributed by atoms with Crippen molar-refractivity contribution in [2.45, 2.75) is 37.8 Å². The highest BCUT2D eigenvalue weighted by Crippen LogP contribution is 2.19. The van der Waals surface area contributed by atoms with Crippen molar-refractivity contribution < 1.29 is 43.9 Å². The van der Waals surface area contributed by atoms with Crippen LogP contribution in [-0.4, -0.2) is 77.3 Å². The van der Waals surface area contributed by atoms with Gasteiger partial charge in [0.15, 0.2) is 12.2 Å². The Morgan fingerprint density at radius 3 is 2.57 bits per heavy atom. The second-order valence-electron chi connectivity index (χ2n) is 4.43. The Kier molecular flexibility index (Phi) is 6.69. The first kappa shape index (κ1) is 17.5. The van der Waals surface area contributed by atoms with Gasteiger partial charge in [-0.15, -0.1) is 0 Å². The van der Waals surface area contributed by atoms with Gasteiger partial charge >= 0.3 is 11.9 Å². The molecular formula is C12H18O9. The van der Waals surface area contributed by atoms with Gasteiger partial charge < -0.3 is 29.5 Å². The number of aliphatic hydroxyl groups excluding tert-OH is 3. The van der Waals surface area contributed by atoms with Gasteiger partial charge in [-0.25, -0.2) is 4.79 Å². The smallest absolute Gasteiger partial charge is 0.378 e. The number of ether oxygens (including phenoxy) is 3. The molecule has 0 aliphatic carbocycles. The van der Waals surface area contributed by atoms with E-state index in [1.54, 1.807) is 6.92 Å². The fourth-order valence-electron chi connectivity index (χ4n) is 1.60. The van der Waals surface area contributed by atoms with Crippen molar-refractivity contribution in [1.82, 2.24) is 0 Å². The van der Waals surface area contributed by atoms with Gasteiger partial charge in [0.2, 0.25) is 0 Å². The fraction of sp³-hybridized carbons (Fsp3) is 0.750. The normalized spacial score (nSPS) is 24.6. The lowest BCUT2D eigenvalue weighted by Gasteiger charge is -2.22. The molecule has 0 aromatic heterocycles. The van der Waals surface area contributed by atoms with Crippen LogP contribution >= 0.6 is 0 Å². The number of esters is 2. The van der Waals surface area contributed by atoms with E-state index in [9.17, 15) is 19.5 Å². The average molecular weight is 306 g/mol. The molecule has 0 saturated carbocycles. The second kappa shape index (κ2) is 8.03. The van der Waals surface area contributed by atoms with Crippen LogP contribution in [0.15, 0.2) is 0 Å². The number of aliphatic hydroxyl groups is 3. The predicted molar refractivity (Wildman–Crippen MR) is 65.0 cm³/mol. The molecule has 120 valence electrons. The molecule has 1 saturated heterocycles. The van der Waals surface area contributed by atoms with Gasteiger partial charge in [0.1, 0.15) is 18.8 Å². The number of carbonyl (C=O) groups excluding carboxylic acids is 3. The maximum Gasteiger partial charge on any atom is 0.378 e. The summed E-state index contributed by atoms with van der Waals surface area (Å²) < 4.78 is 14.4. The second-order valence-corrected chi connectivity index (χ2v) is 4.43. The molecule has 3 N–H and O–H groups in total. The van der Waals surface area contributed by atoms with Crippen LogP contribution in [0.1, 0.15) is 13.3 Å². The van der Waals surface area contributed by atoms with Gasteiger partial charge in [0.05, 0.1) is 13.2 Å². The molecule has 0 aromatic rings. The Balaban J connectivity index is 2.62. The zero-order valence-corrected chi connectivity index (χ0v) is 11.4. The number of cyclic esters (lactones) is 1. The third-order valence-electron chi connectivity index (χ3n) is 2.76. The topological polar surface area (TPSA) is 140 Å². The minimum atomic E-state index is -1.44. The van der Waals surface area contributed by atoms with E-state index in [0.717, 1.165) is 0 Å². The molecule has 4 unspecified atom stereocenters. The Labute approximate surface area is 120 Å². The Morgan fingerprint density at radius 1 is 1.33 bits per heavy atom. The van der Waals surface area contributed by atoms with Crippen molar-refractivity contribution >= 4 is 17.7 Å². The molecule has 0 radical (unpaired) electrons. The van der Waals surface area contributed by atoms with Gasteiger partial charge in [0, 0.05) is 6.42 Å². The van der Waals surface area contributed by atoms with Gasteiger partial charge in [-0.1, -0.05) is 6.92 Å². The number of Topliss-reactive ketones (excluding diaryl/α,β-unsaturated/α-hetero) is 1. The number of carbonyl (C=O) groups is 3. The van der Waals surface area contributed by atoms with E-state index in [-0.39, 0.29) is 6.42 Å². The van der Waals surface area contributed by atoms with Crippen LogP contribution in [0.4, 0.5) is 0 Å². The first-order valence-electron chi connectivity index (χ1n) is 6.39. The molecule has 9 nitrogen and oxygen atoms in total. The van der Waals surface area contributed by atoms with Gasteiger partial charge in [-0.05, 0) is 0 Å².